The van der Waals surface area contributed by atoms with Gasteiger partial charge in [-0.2, -0.15) is 52.7 Å². The first-order chi connectivity index (χ1) is 31.6. The number of halogens is 12. The highest BCUT2D eigenvalue weighted by Gasteiger charge is 2.82. The van der Waals surface area contributed by atoms with E-state index in [1.807, 2.05) is 0 Å². The fraction of sp³-hybridized carbons (Fsp3) is 0.269. The van der Waals surface area contributed by atoms with Crippen molar-refractivity contribution in [2.75, 3.05) is 0 Å². The van der Waals surface area contributed by atoms with E-state index >= 15 is 52.7 Å². The van der Waals surface area contributed by atoms with E-state index in [0.717, 1.165) is 45.3 Å². The summed E-state index contributed by atoms with van der Waals surface area (Å²) in [5.41, 5.74) is -5.06. The molecule has 9 rings (SSSR count). The van der Waals surface area contributed by atoms with E-state index in [4.69, 9.17) is 0 Å². The summed E-state index contributed by atoms with van der Waals surface area (Å²) in [6.45, 7) is 11.3. The van der Waals surface area contributed by atoms with Crippen molar-refractivity contribution >= 4 is 67.6 Å². The predicted molar refractivity (Wildman–Crippen MR) is 254 cm³/mol. The average Bonchev–Trinajstić information content (AvgIpc) is 3.99. The zero-order valence-corrected chi connectivity index (χ0v) is 40.5. The molecule has 0 fully saturated rings. The van der Waals surface area contributed by atoms with Crippen LogP contribution in [0.25, 0.3) is 64.1 Å². The second-order valence-electron chi connectivity index (χ2n) is 17.2. The second-order valence-corrected chi connectivity index (χ2v) is 22.1. The molecule has 68 heavy (non-hydrogen) atoms. The summed E-state index contributed by atoms with van der Waals surface area (Å²) in [6, 6.07) is 23.3. The van der Waals surface area contributed by atoms with Gasteiger partial charge in [-0.1, -0.05) is 84.9 Å². The highest BCUT2D eigenvalue weighted by atomic mass is 32.1. The van der Waals surface area contributed by atoms with Gasteiger partial charge >= 0.3 is 35.5 Å². The highest BCUT2D eigenvalue weighted by molar-refractivity contribution is 7.17. The first-order valence-corrected chi connectivity index (χ1v) is 24.3. The smallest absolute Gasteiger partial charge is 0.194 e. The minimum atomic E-state index is -5.78. The van der Waals surface area contributed by atoms with Crippen LogP contribution < -0.4 is 0 Å². The third kappa shape index (κ3) is 6.44. The number of allylic oxidation sites excluding steroid dienone is 4. The van der Waals surface area contributed by atoms with Crippen LogP contribution in [-0.2, 0) is 0 Å². The molecular formula is C52H38F12S4. The Kier molecular flexibility index (Phi) is 11.2. The molecule has 3 aromatic carbocycles. The molecule has 0 N–H and O–H groups in total. The van der Waals surface area contributed by atoms with Gasteiger partial charge in [0.05, 0.1) is 0 Å². The molecule has 0 amide bonds. The van der Waals surface area contributed by atoms with Crippen LogP contribution in [0.4, 0.5) is 52.7 Å². The van der Waals surface area contributed by atoms with Crippen molar-refractivity contribution < 1.29 is 52.7 Å². The lowest BCUT2D eigenvalue weighted by atomic mass is 9.89. The molecule has 0 nitrogen and oxygen atoms in total. The monoisotopic (exact) mass is 1020 g/mol. The Labute approximate surface area is 399 Å². The van der Waals surface area contributed by atoms with Gasteiger partial charge in [0.1, 0.15) is 0 Å². The maximum absolute atomic E-state index is 16.2. The Morgan fingerprint density at radius 3 is 0.676 bits per heavy atom. The van der Waals surface area contributed by atoms with Crippen molar-refractivity contribution in [2.45, 2.75) is 90.9 Å². The van der Waals surface area contributed by atoms with E-state index in [2.05, 4.69) is 0 Å². The molecule has 4 aromatic heterocycles. The number of alkyl halides is 12. The van der Waals surface area contributed by atoms with Crippen LogP contribution in [0.1, 0.15) is 64.0 Å². The van der Waals surface area contributed by atoms with E-state index in [9.17, 15) is 0 Å². The van der Waals surface area contributed by atoms with Gasteiger partial charge in [0.25, 0.3) is 0 Å². The summed E-state index contributed by atoms with van der Waals surface area (Å²) in [5.74, 6) is -32.7. The summed E-state index contributed by atoms with van der Waals surface area (Å²) < 4.78 is 192. The lowest BCUT2D eigenvalue weighted by molar-refractivity contribution is -0.254. The Morgan fingerprint density at radius 2 is 0.471 bits per heavy atom. The van der Waals surface area contributed by atoms with Crippen molar-refractivity contribution in [3.63, 3.8) is 0 Å². The van der Waals surface area contributed by atoms with Gasteiger partial charge in [-0.25, -0.2) is 0 Å². The van der Waals surface area contributed by atoms with Gasteiger partial charge in [-0.15, -0.1) is 45.3 Å². The lowest BCUT2D eigenvalue weighted by Gasteiger charge is -2.26. The minimum Gasteiger partial charge on any atom is -0.194 e. The maximum atomic E-state index is 16.2. The average molecular weight is 1020 g/mol. The molecule has 0 bridgehead atoms. The number of hydrogen-bond donors (Lipinski definition) is 0. The van der Waals surface area contributed by atoms with Crippen molar-refractivity contribution in [2.24, 2.45) is 0 Å². The standard InChI is InChI=1S/C52H38F12S4/c1-23-35(27(5)65-43(23)31-15-11-9-12-16-31)39-41(49(57,58)51(61,62)47(39,53)54)37-25(3)45(67-29(37)7)33-19-21-34(22-20-33)46-26(4)38(30(8)68-46)42-40(48(55,56)52(63,64)50(42,59)60)36-24(2)44(66-28(36)6)32-17-13-10-14-18-32/h9-22H,1-8H3. The molecule has 354 valence electrons. The van der Waals surface area contributed by atoms with Crippen LogP contribution in [0.15, 0.2) is 84.9 Å². The summed E-state index contributed by atoms with van der Waals surface area (Å²) in [4.78, 5) is 2.01. The SMILES string of the molecule is Cc1sc(-c2ccccc2)c(C)c1C1=C(c2c(C)sc(-c3ccc(-c4sc(C)c(C5=C(c6c(C)sc(-c7ccccc7)c6C)C(F)(F)C(F)(F)C5(F)F)c4C)cc3)c2C)C(F)(F)C(F)(F)C1(F)F. The highest BCUT2D eigenvalue weighted by Crippen LogP contribution is 2.69. The first-order valence-electron chi connectivity index (χ1n) is 21.0. The number of benzene rings is 3. The van der Waals surface area contributed by atoms with Crippen LogP contribution in [0, 0.1) is 55.4 Å². The molecule has 0 saturated carbocycles. The van der Waals surface area contributed by atoms with E-state index in [1.165, 1.54) is 79.7 Å². The van der Waals surface area contributed by atoms with E-state index in [1.54, 1.807) is 60.7 Å². The Bertz CT molecular complexity index is 3030. The fourth-order valence-corrected chi connectivity index (χ4v) is 14.6. The maximum Gasteiger partial charge on any atom is 0.380 e. The fourth-order valence-electron chi connectivity index (χ4n) is 9.92. The molecule has 0 unspecified atom stereocenters. The van der Waals surface area contributed by atoms with Crippen molar-refractivity contribution in [1.82, 2.24) is 0 Å². The number of rotatable bonds is 8. The van der Waals surface area contributed by atoms with Crippen LogP contribution in [0.3, 0.4) is 0 Å². The minimum absolute atomic E-state index is 0.0411. The zero-order chi connectivity index (χ0) is 49.6. The Balaban J connectivity index is 1.16. The predicted octanol–water partition coefficient (Wildman–Crippen LogP) is 18.7. The van der Waals surface area contributed by atoms with Crippen molar-refractivity contribution in [3.05, 3.63) is 149 Å². The van der Waals surface area contributed by atoms with Crippen molar-refractivity contribution in [1.29, 1.82) is 0 Å². The van der Waals surface area contributed by atoms with Crippen LogP contribution in [-0.4, -0.2) is 35.5 Å². The molecule has 2 aliphatic carbocycles. The second kappa shape index (κ2) is 15.8. The van der Waals surface area contributed by atoms with Gasteiger partial charge in [0.15, 0.2) is 0 Å². The van der Waals surface area contributed by atoms with Gasteiger partial charge < -0.3 is 0 Å². The molecule has 0 atom stereocenters. The number of aryl methyl sites for hydroxylation is 4. The van der Waals surface area contributed by atoms with Gasteiger partial charge in [-0.05, 0) is 99.9 Å². The first kappa shape index (κ1) is 48.1. The Morgan fingerprint density at radius 1 is 0.279 bits per heavy atom. The number of thiophene rings is 4. The largest absolute Gasteiger partial charge is 0.380 e. The third-order valence-corrected chi connectivity index (χ3v) is 18.1. The van der Waals surface area contributed by atoms with Crippen LogP contribution >= 0.6 is 45.3 Å². The van der Waals surface area contributed by atoms with E-state index in [-0.39, 0.29) is 52.9 Å². The van der Waals surface area contributed by atoms with Crippen LogP contribution in [0.5, 0.6) is 0 Å². The van der Waals surface area contributed by atoms with Gasteiger partial charge in [-0.3, -0.25) is 0 Å². The van der Waals surface area contributed by atoms with E-state index in [0.29, 0.717) is 41.8 Å². The molecule has 0 saturated heterocycles. The normalized spacial score (nSPS) is 18.9. The summed E-state index contributed by atoms with van der Waals surface area (Å²) in [5, 5.41) is 0. The molecule has 0 radical (unpaired) electrons. The molecule has 0 aliphatic heterocycles. The summed E-state index contributed by atoms with van der Waals surface area (Å²) in [6.07, 6.45) is 0. The van der Waals surface area contributed by atoms with Gasteiger partial charge in [0, 0.05) is 83.6 Å². The molecule has 0 spiro atoms. The quantitative estimate of drug-likeness (QED) is 0.133. The molecule has 2 aliphatic rings. The van der Waals surface area contributed by atoms with E-state index < -0.39 is 69.0 Å². The molecular weight excluding hydrogens is 981 g/mol. The zero-order valence-electron chi connectivity index (χ0n) is 37.3. The third-order valence-electron chi connectivity index (χ3n) is 13.1. The number of hydrogen-bond acceptors (Lipinski definition) is 4. The van der Waals surface area contributed by atoms with Crippen molar-refractivity contribution in [3.8, 4) is 41.8 Å². The van der Waals surface area contributed by atoms with Crippen LogP contribution in [0.2, 0.25) is 0 Å². The van der Waals surface area contributed by atoms with Gasteiger partial charge in [0.2, 0.25) is 0 Å². The Hall–Kier alpha value is -4.90. The molecule has 7 aromatic rings. The summed E-state index contributed by atoms with van der Waals surface area (Å²) >= 11 is 3.95. The summed E-state index contributed by atoms with van der Waals surface area (Å²) in [7, 11) is 0. The topological polar surface area (TPSA) is 0 Å². The molecule has 16 heteroatoms. The molecule has 4 heterocycles. The lowest BCUT2D eigenvalue weighted by Crippen LogP contribution is -2.49.